The molecule has 0 fully saturated rings. The summed E-state index contributed by atoms with van der Waals surface area (Å²) < 4.78 is 33.7. The molecule has 0 radical (unpaired) electrons. The van der Waals surface area contributed by atoms with Crippen LogP contribution in [0, 0.1) is 0 Å². The second-order valence-corrected chi connectivity index (χ2v) is 8.96. The van der Waals surface area contributed by atoms with Crippen LogP contribution in [0.2, 0.25) is 5.02 Å². The zero-order valence-electron chi connectivity index (χ0n) is 14.9. The third-order valence-corrected chi connectivity index (χ3v) is 5.91. The number of carbonyl (C=O) groups excluding carboxylic acids is 1. The number of ether oxygens (including phenoxy) is 1. The molecule has 0 aliphatic rings. The number of hydrogen-bond acceptors (Lipinski definition) is 4. The number of hydrogen-bond donors (Lipinski definition) is 2. The second kappa shape index (κ2) is 9.30. The zero-order chi connectivity index (χ0) is 20.9. The monoisotopic (exact) mass is 494 g/mol. The van der Waals surface area contributed by atoms with E-state index in [1.807, 2.05) is 12.1 Å². The highest BCUT2D eigenvalue weighted by atomic mass is 79.9. The van der Waals surface area contributed by atoms with Gasteiger partial charge < -0.3 is 10.1 Å². The first-order chi connectivity index (χ1) is 13.8. The van der Waals surface area contributed by atoms with Gasteiger partial charge in [0.15, 0.2) is 6.61 Å². The van der Waals surface area contributed by atoms with Crippen LogP contribution < -0.4 is 14.8 Å². The van der Waals surface area contributed by atoms with Gasteiger partial charge in [-0.3, -0.25) is 9.52 Å². The smallest absolute Gasteiger partial charge is 0.262 e. The maximum absolute atomic E-state index is 12.4. The first-order valence-corrected chi connectivity index (χ1v) is 11.0. The van der Waals surface area contributed by atoms with Crippen molar-refractivity contribution >= 4 is 54.8 Å². The van der Waals surface area contributed by atoms with Crippen LogP contribution in [0.15, 0.2) is 82.2 Å². The molecule has 6 nitrogen and oxygen atoms in total. The van der Waals surface area contributed by atoms with E-state index in [0.29, 0.717) is 22.1 Å². The Labute approximate surface area is 182 Å². The van der Waals surface area contributed by atoms with E-state index in [-0.39, 0.29) is 17.4 Å². The molecule has 3 rings (SSSR count). The molecular formula is C20H16BrClN2O4S. The number of anilines is 2. The van der Waals surface area contributed by atoms with Crippen molar-refractivity contribution in [3.8, 4) is 5.75 Å². The molecular weight excluding hydrogens is 480 g/mol. The Morgan fingerprint density at radius 2 is 1.48 bits per heavy atom. The van der Waals surface area contributed by atoms with Crippen molar-refractivity contribution in [1.29, 1.82) is 0 Å². The van der Waals surface area contributed by atoms with Gasteiger partial charge in [0.2, 0.25) is 0 Å². The molecule has 1 amide bonds. The van der Waals surface area contributed by atoms with Crippen LogP contribution in [0.25, 0.3) is 0 Å². The van der Waals surface area contributed by atoms with E-state index in [1.165, 1.54) is 24.3 Å². The standard InChI is InChI=1S/C20H16BrClN2O4S/c21-14-1-5-16(6-2-14)23-20(25)13-28-18-9-11-19(12-10-18)29(26,27)24-17-7-3-15(22)4-8-17/h1-12,24H,13H2,(H,23,25). The summed E-state index contributed by atoms with van der Waals surface area (Å²) in [6.45, 7) is -0.203. The fraction of sp³-hybridized carbons (Fsp3) is 0.0500. The van der Waals surface area contributed by atoms with Gasteiger partial charge in [-0.2, -0.15) is 0 Å². The minimum Gasteiger partial charge on any atom is -0.484 e. The fourth-order valence-electron chi connectivity index (χ4n) is 2.33. The van der Waals surface area contributed by atoms with Gasteiger partial charge in [0.05, 0.1) is 4.90 Å². The first-order valence-electron chi connectivity index (χ1n) is 8.38. The number of sulfonamides is 1. The maximum atomic E-state index is 12.4. The van der Waals surface area contributed by atoms with E-state index >= 15 is 0 Å². The Morgan fingerprint density at radius 3 is 2.10 bits per heavy atom. The lowest BCUT2D eigenvalue weighted by Crippen LogP contribution is -2.20. The summed E-state index contributed by atoms with van der Waals surface area (Å²) in [5, 5.41) is 3.22. The molecule has 0 unspecified atom stereocenters. The molecule has 3 aromatic rings. The highest BCUT2D eigenvalue weighted by molar-refractivity contribution is 9.10. The van der Waals surface area contributed by atoms with Crippen LogP contribution in [0.3, 0.4) is 0 Å². The van der Waals surface area contributed by atoms with E-state index in [1.54, 1.807) is 36.4 Å². The first kappa shape index (κ1) is 21.2. The van der Waals surface area contributed by atoms with Gasteiger partial charge >= 0.3 is 0 Å². The van der Waals surface area contributed by atoms with Crippen LogP contribution in [-0.4, -0.2) is 20.9 Å². The normalized spacial score (nSPS) is 11.0. The quantitative estimate of drug-likeness (QED) is 0.487. The molecule has 9 heteroatoms. The Morgan fingerprint density at radius 1 is 0.897 bits per heavy atom. The number of rotatable bonds is 7. The van der Waals surface area contributed by atoms with Gasteiger partial charge in [0.25, 0.3) is 15.9 Å². The third-order valence-electron chi connectivity index (χ3n) is 3.73. The van der Waals surface area contributed by atoms with E-state index in [0.717, 1.165) is 4.47 Å². The van der Waals surface area contributed by atoms with Crippen LogP contribution in [0.1, 0.15) is 0 Å². The maximum Gasteiger partial charge on any atom is 0.262 e. The number of halogens is 2. The topological polar surface area (TPSA) is 84.5 Å². The Kier molecular flexibility index (Phi) is 6.79. The van der Waals surface area contributed by atoms with E-state index in [4.69, 9.17) is 16.3 Å². The van der Waals surface area contributed by atoms with Crippen molar-refractivity contribution in [1.82, 2.24) is 0 Å². The predicted octanol–water partition coefficient (Wildman–Crippen LogP) is 4.92. The molecule has 0 atom stereocenters. The Hall–Kier alpha value is -2.55. The number of nitrogens with one attached hydrogen (secondary N) is 2. The minimum absolute atomic E-state index is 0.0686. The van der Waals surface area contributed by atoms with Crippen LogP contribution >= 0.6 is 27.5 Å². The van der Waals surface area contributed by atoms with Gasteiger partial charge in [0.1, 0.15) is 5.75 Å². The summed E-state index contributed by atoms with van der Waals surface area (Å²) in [5.41, 5.74) is 1.05. The molecule has 0 bridgehead atoms. The lowest BCUT2D eigenvalue weighted by Gasteiger charge is -2.10. The van der Waals surface area contributed by atoms with Crippen molar-refractivity contribution in [2.45, 2.75) is 4.90 Å². The second-order valence-electron chi connectivity index (χ2n) is 5.93. The highest BCUT2D eigenvalue weighted by Crippen LogP contribution is 2.21. The highest BCUT2D eigenvalue weighted by Gasteiger charge is 2.14. The van der Waals surface area contributed by atoms with E-state index < -0.39 is 10.0 Å². The lowest BCUT2D eigenvalue weighted by atomic mass is 10.3. The van der Waals surface area contributed by atoms with Gasteiger partial charge in [-0.25, -0.2) is 8.42 Å². The van der Waals surface area contributed by atoms with Crippen LogP contribution in [0.5, 0.6) is 5.75 Å². The fourth-order valence-corrected chi connectivity index (χ4v) is 3.78. The van der Waals surface area contributed by atoms with Crippen molar-refractivity contribution < 1.29 is 17.9 Å². The Balaban J connectivity index is 1.57. The van der Waals surface area contributed by atoms with Crippen molar-refractivity contribution in [3.63, 3.8) is 0 Å². The van der Waals surface area contributed by atoms with Crippen molar-refractivity contribution in [2.75, 3.05) is 16.6 Å². The average molecular weight is 496 g/mol. The summed E-state index contributed by atoms with van der Waals surface area (Å²) in [6, 6.07) is 19.3. The summed E-state index contributed by atoms with van der Waals surface area (Å²) in [4.78, 5) is 12.0. The number of amides is 1. The van der Waals surface area contributed by atoms with E-state index in [9.17, 15) is 13.2 Å². The molecule has 29 heavy (non-hydrogen) atoms. The van der Waals surface area contributed by atoms with Crippen molar-refractivity contribution in [3.05, 3.63) is 82.3 Å². The van der Waals surface area contributed by atoms with Crippen molar-refractivity contribution in [2.24, 2.45) is 0 Å². The molecule has 0 spiro atoms. The molecule has 0 aromatic heterocycles. The molecule has 2 N–H and O–H groups in total. The summed E-state index contributed by atoms with van der Waals surface area (Å²) in [7, 11) is -3.75. The third kappa shape index (κ3) is 6.22. The summed E-state index contributed by atoms with van der Waals surface area (Å²) in [5.74, 6) is 0.0508. The molecule has 0 aliphatic heterocycles. The molecule has 0 saturated heterocycles. The van der Waals surface area contributed by atoms with Gasteiger partial charge in [-0.05, 0) is 72.8 Å². The summed E-state index contributed by atoms with van der Waals surface area (Å²) >= 11 is 9.12. The molecule has 150 valence electrons. The molecule has 0 saturated carbocycles. The largest absolute Gasteiger partial charge is 0.484 e. The van der Waals surface area contributed by atoms with Gasteiger partial charge in [-0.15, -0.1) is 0 Å². The SMILES string of the molecule is O=C(COc1ccc(S(=O)(=O)Nc2ccc(Cl)cc2)cc1)Nc1ccc(Br)cc1. The lowest BCUT2D eigenvalue weighted by molar-refractivity contribution is -0.118. The Bertz CT molecular complexity index is 1090. The summed E-state index contributed by atoms with van der Waals surface area (Å²) in [6.07, 6.45) is 0. The molecule has 0 aliphatic carbocycles. The number of carbonyl (C=O) groups is 1. The minimum atomic E-state index is -3.75. The van der Waals surface area contributed by atoms with Crippen LogP contribution in [0.4, 0.5) is 11.4 Å². The van der Waals surface area contributed by atoms with Gasteiger partial charge in [0, 0.05) is 20.9 Å². The molecule has 3 aromatic carbocycles. The average Bonchev–Trinajstić information content (AvgIpc) is 2.70. The number of benzene rings is 3. The van der Waals surface area contributed by atoms with Gasteiger partial charge in [-0.1, -0.05) is 27.5 Å². The zero-order valence-corrected chi connectivity index (χ0v) is 18.1. The molecule has 0 heterocycles. The predicted molar refractivity (Wildman–Crippen MR) is 117 cm³/mol. The van der Waals surface area contributed by atoms with E-state index in [2.05, 4.69) is 26.0 Å². The van der Waals surface area contributed by atoms with Crippen LogP contribution in [-0.2, 0) is 14.8 Å².